The predicted octanol–water partition coefficient (Wildman–Crippen LogP) is 1.99. The molecule has 1 aliphatic heterocycles. The van der Waals surface area contributed by atoms with Gasteiger partial charge in [0.05, 0.1) is 12.1 Å². The van der Waals surface area contributed by atoms with Crippen LogP contribution in [0.1, 0.15) is 76.0 Å². The maximum Gasteiger partial charge on any atom is 0.245 e. The number of amides is 4. The van der Waals surface area contributed by atoms with Crippen LogP contribution in [0.2, 0.25) is 0 Å². The summed E-state index contributed by atoms with van der Waals surface area (Å²) in [5.41, 5.74) is 2.44. The molecule has 1 saturated heterocycles. The molecule has 3 rings (SSSR count). The molecule has 0 aromatic heterocycles. The number of fused-ring (bicyclic) bond motifs is 1. The molecule has 4 amide bonds. The lowest BCUT2D eigenvalue weighted by molar-refractivity contribution is -0.142. The fourth-order valence-corrected chi connectivity index (χ4v) is 5.10. The highest BCUT2D eigenvalue weighted by Crippen LogP contribution is 2.30. The van der Waals surface area contributed by atoms with Crippen molar-refractivity contribution in [3.05, 3.63) is 35.4 Å². The first-order valence-corrected chi connectivity index (χ1v) is 13.2. The molecule has 4 N–H and O–H groups in total. The van der Waals surface area contributed by atoms with Crippen molar-refractivity contribution in [3.63, 3.8) is 0 Å². The number of halogens is 1. The zero-order valence-corrected chi connectivity index (χ0v) is 23.0. The van der Waals surface area contributed by atoms with Gasteiger partial charge in [0.15, 0.2) is 0 Å². The number of aryl methyl sites for hydroxylation is 1. The van der Waals surface area contributed by atoms with Crippen molar-refractivity contribution in [2.45, 2.75) is 89.4 Å². The summed E-state index contributed by atoms with van der Waals surface area (Å²) in [4.78, 5) is 52.3. The summed E-state index contributed by atoms with van der Waals surface area (Å²) in [6.07, 6.45) is 6.10. The van der Waals surface area contributed by atoms with Crippen LogP contribution in [0.3, 0.4) is 0 Å². The summed E-state index contributed by atoms with van der Waals surface area (Å²) < 4.78 is 0. The molecule has 0 bridgehead atoms. The quantitative estimate of drug-likeness (QED) is 0.323. The summed E-state index contributed by atoms with van der Waals surface area (Å²) in [6, 6.07) is 6.49. The minimum Gasteiger partial charge on any atom is -0.356 e. The van der Waals surface area contributed by atoms with E-state index >= 15 is 0 Å². The lowest BCUT2D eigenvalue weighted by Crippen LogP contribution is -2.55. The molecule has 10 heteroatoms. The number of hydrogen-bond donors (Lipinski definition) is 4. The Morgan fingerprint density at radius 3 is 2.57 bits per heavy atom. The number of nitrogens with zero attached hydrogens (tertiary/aromatic N) is 1. The van der Waals surface area contributed by atoms with Crippen molar-refractivity contribution >= 4 is 36.0 Å². The average Bonchev–Trinajstić information content (AvgIpc) is 3.37. The Bertz CT molecular complexity index is 943. The van der Waals surface area contributed by atoms with E-state index < -0.39 is 18.1 Å². The van der Waals surface area contributed by atoms with E-state index in [1.165, 1.54) is 18.1 Å². The van der Waals surface area contributed by atoms with Crippen LogP contribution in [0.4, 0.5) is 0 Å². The number of carbonyl (C=O) groups excluding carboxylic acids is 4. The molecule has 37 heavy (non-hydrogen) atoms. The van der Waals surface area contributed by atoms with E-state index in [0.29, 0.717) is 38.8 Å². The number of unbranched alkanes of at least 4 members (excludes halogenated alkanes) is 1. The molecule has 4 atom stereocenters. The van der Waals surface area contributed by atoms with E-state index in [-0.39, 0.29) is 42.1 Å². The van der Waals surface area contributed by atoms with Crippen molar-refractivity contribution in [3.8, 4) is 0 Å². The van der Waals surface area contributed by atoms with Crippen molar-refractivity contribution in [1.82, 2.24) is 26.2 Å². The first kappa shape index (κ1) is 30.6. The average molecular weight is 536 g/mol. The minimum atomic E-state index is -0.713. The van der Waals surface area contributed by atoms with Gasteiger partial charge in [0, 0.05) is 20.0 Å². The molecule has 0 spiro atoms. The van der Waals surface area contributed by atoms with Gasteiger partial charge in [-0.15, -0.1) is 12.4 Å². The smallest absolute Gasteiger partial charge is 0.245 e. The number of likely N-dealkylation sites (N-methyl/N-ethyl adjacent to an activating group) is 1. The first-order chi connectivity index (χ1) is 17.3. The van der Waals surface area contributed by atoms with Crippen LogP contribution in [0, 0.1) is 0 Å². The highest BCUT2D eigenvalue weighted by atomic mass is 35.5. The zero-order valence-electron chi connectivity index (χ0n) is 22.2. The van der Waals surface area contributed by atoms with Crippen LogP contribution in [0.5, 0.6) is 0 Å². The molecule has 1 aliphatic carbocycles. The van der Waals surface area contributed by atoms with Crippen molar-refractivity contribution < 1.29 is 19.2 Å². The number of carbonyl (C=O) groups is 4. The molecule has 1 fully saturated rings. The SMILES string of the molecule is CN[C@@H](C)C(=O)N[C@@H](CCCCNC(C)=O)C(=O)N1CCC[C@H]1C(=O)N[C@@H]1CCCc2ccccc21.Cl. The standard InChI is InChI=1S/C27H41N5O4.ClH/c1-18(28-3)25(34)31-23(13-6-7-16-29-19(2)33)27(36)32-17-9-15-24(32)26(35)30-22-14-8-11-20-10-4-5-12-21(20)22;/h4-5,10,12,18,22-24,28H,6-9,11,13-17H2,1-3H3,(H,29,33)(H,30,35)(H,31,34);1H/t18-,22+,23-,24-;/m0./s1. The maximum atomic E-state index is 13.6. The van der Waals surface area contributed by atoms with Gasteiger partial charge in [-0.1, -0.05) is 24.3 Å². The fourth-order valence-electron chi connectivity index (χ4n) is 5.10. The predicted molar refractivity (Wildman–Crippen MR) is 145 cm³/mol. The van der Waals surface area contributed by atoms with Crippen LogP contribution in [0.15, 0.2) is 24.3 Å². The van der Waals surface area contributed by atoms with Crippen LogP contribution < -0.4 is 21.3 Å². The van der Waals surface area contributed by atoms with Crippen LogP contribution in [-0.4, -0.2) is 66.8 Å². The fraction of sp³-hybridized carbons (Fsp3) is 0.630. The second kappa shape index (κ2) is 14.9. The summed E-state index contributed by atoms with van der Waals surface area (Å²) in [7, 11) is 1.69. The topological polar surface area (TPSA) is 120 Å². The number of benzene rings is 1. The van der Waals surface area contributed by atoms with Crippen molar-refractivity contribution in [1.29, 1.82) is 0 Å². The third kappa shape index (κ3) is 8.43. The Labute approximate surface area is 226 Å². The Kier molecular flexibility index (Phi) is 12.3. The molecule has 0 saturated carbocycles. The van der Waals surface area contributed by atoms with Gasteiger partial charge in [0.25, 0.3) is 0 Å². The molecule has 1 aromatic carbocycles. The first-order valence-electron chi connectivity index (χ1n) is 13.2. The summed E-state index contributed by atoms with van der Waals surface area (Å²) >= 11 is 0. The Morgan fingerprint density at radius 1 is 1.08 bits per heavy atom. The third-order valence-electron chi connectivity index (χ3n) is 7.26. The van der Waals surface area contributed by atoms with E-state index in [1.54, 1.807) is 18.9 Å². The summed E-state index contributed by atoms with van der Waals surface area (Å²) in [5, 5.41) is 11.7. The molecule has 206 valence electrons. The molecule has 0 unspecified atom stereocenters. The lowest BCUT2D eigenvalue weighted by Gasteiger charge is -2.32. The Hall–Kier alpha value is -2.65. The van der Waals surface area contributed by atoms with Crippen molar-refractivity contribution in [2.24, 2.45) is 0 Å². The van der Waals surface area contributed by atoms with Gasteiger partial charge in [-0.2, -0.15) is 0 Å². The van der Waals surface area contributed by atoms with Gasteiger partial charge in [-0.05, 0) is 76.5 Å². The molecule has 1 heterocycles. The molecule has 1 aromatic rings. The maximum absolute atomic E-state index is 13.6. The Balaban J connectivity index is 0.00000481. The number of likely N-dealkylation sites (tertiary alicyclic amines) is 1. The van der Waals surface area contributed by atoms with Gasteiger partial charge in [0.2, 0.25) is 23.6 Å². The largest absolute Gasteiger partial charge is 0.356 e. The van der Waals surface area contributed by atoms with Crippen LogP contribution in [-0.2, 0) is 25.6 Å². The second-order valence-electron chi connectivity index (χ2n) is 9.89. The molecule has 9 nitrogen and oxygen atoms in total. The number of rotatable bonds is 11. The van der Waals surface area contributed by atoms with E-state index in [1.807, 2.05) is 12.1 Å². The van der Waals surface area contributed by atoms with Gasteiger partial charge in [-0.25, -0.2) is 0 Å². The van der Waals surface area contributed by atoms with E-state index in [0.717, 1.165) is 25.7 Å². The molecular weight excluding hydrogens is 494 g/mol. The van der Waals surface area contributed by atoms with Crippen LogP contribution >= 0.6 is 12.4 Å². The van der Waals surface area contributed by atoms with Gasteiger partial charge in [-0.3, -0.25) is 19.2 Å². The van der Waals surface area contributed by atoms with Gasteiger partial charge >= 0.3 is 0 Å². The molecule has 0 radical (unpaired) electrons. The summed E-state index contributed by atoms with van der Waals surface area (Å²) in [6.45, 7) is 4.23. The highest BCUT2D eigenvalue weighted by Gasteiger charge is 2.38. The van der Waals surface area contributed by atoms with E-state index in [2.05, 4.69) is 33.4 Å². The van der Waals surface area contributed by atoms with Crippen molar-refractivity contribution in [2.75, 3.05) is 20.1 Å². The van der Waals surface area contributed by atoms with Gasteiger partial charge < -0.3 is 26.2 Å². The minimum absolute atomic E-state index is 0. The summed E-state index contributed by atoms with van der Waals surface area (Å²) in [5.74, 6) is -0.684. The molecule has 2 aliphatic rings. The monoisotopic (exact) mass is 535 g/mol. The lowest BCUT2D eigenvalue weighted by atomic mass is 9.87. The van der Waals surface area contributed by atoms with E-state index in [9.17, 15) is 19.2 Å². The van der Waals surface area contributed by atoms with Gasteiger partial charge in [0.1, 0.15) is 12.1 Å². The highest BCUT2D eigenvalue weighted by molar-refractivity contribution is 5.93. The Morgan fingerprint density at radius 2 is 1.84 bits per heavy atom. The third-order valence-corrected chi connectivity index (χ3v) is 7.26. The van der Waals surface area contributed by atoms with Crippen LogP contribution in [0.25, 0.3) is 0 Å². The molecular formula is C27H42ClN5O4. The normalized spacial score (nSPS) is 20.1. The second-order valence-corrected chi connectivity index (χ2v) is 9.89. The number of hydrogen-bond acceptors (Lipinski definition) is 5. The van der Waals surface area contributed by atoms with E-state index in [4.69, 9.17) is 0 Å². The number of nitrogens with one attached hydrogen (secondary N) is 4. The zero-order chi connectivity index (χ0) is 26.1.